The number of anilines is 2. The van der Waals surface area contributed by atoms with Crippen molar-refractivity contribution in [3.8, 4) is 0 Å². The molecule has 22 heavy (non-hydrogen) atoms. The van der Waals surface area contributed by atoms with Gasteiger partial charge in [0.2, 0.25) is 0 Å². The van der Waals surface area contributed by atoms with Gasteiger partial charge in [0, 0.05) is 20.2 Å². The highest BCUT2D eigenvalue weighted by Crippen LogP contribution is 2.32. The summed E-state index contributed by atoms with van der Waals surface area (Å²) < 4.78 is 5.64. The summed E-state index contributed by atoms with van der Waals surface area (Å²) in [4.78, 5) is 27.7. The van der Waals surface area contributed by atoms with E-state index >= 15 is 0 Å². The summed E-state index contributed by atoms with van der Waals surface area (Å²) in [6.07, 6.45) is 2.20. The molecule has 7 nitrogen and oxygen atoms in total. The van der Waals surface area contributed by atoms with Gasteiger partial charge in [-0.3, -0.25) is 0 Å². The van der Waals surface area contributed by atoms with Crippen molar-refractivity contribution in [1.82, 2.24) is 4.98 Å². The highest BCUT2D eigenvalue weighted by Gasteiger charge is 2.18. The standard InChI is InChI=1S/C14H24N4O3Si/c1-11-12(15)9-16-14(13(11)17-20)18(5-6-19)10-21-7-8-22(2,3)4/h6,9H,5,7-8,10,15H2,1-4H3. The molecule has 0 aliphatic carbocycles. The minimum atomic E-state index is -1.17. The molecule has 0 aromatic carbocycles. The second kappa shape index (κ2) is 8.00. The summed E-state index contributed by atoms with van der Waals surface area (Å²) >= 11 is 0. The summed E-state index contributed by atoms with van der Waals surface area (Å²) in [6, 6.07) is 1.02. The van der Waals surface area contributed by atoms with E-state index in [2.05, 4.69) is 29.8 Å². The minimum Gasteiger partial charge on any atom is -0.397 e. The second-order valence-electron chi connectivity index (χ2n) is 6.34. The maximum Gasteiger partial charge on any atom is 0.160 e. The van der Waals surface area contributed by atoms with Crippen molar-refractivity contribution in [2.75, 3.05) is 30.5 Å². The van der Waals surface area contributed by atoms with E-state index < -0.39 is 8.07 Å². The highest BCUT2D eigenvalue weighted by atomic mass is 28.3. The molecule has 1 heterocycles. The summed E-state index contributed by atoms with van der Waals surface area (Å²) in [5, 5.41) is 3.00. The Labute approximate surface area is 131 Å². The molecule has 0 amide bonds. The highest BCUT2D eigenvalue weighted by molar-refractivity contribution is 6.76. The molecule has 0 aliphatic rings. The first-order chi connectivity index (χ1) is 10.3. The van der Waals surface area contributed by atoms with Crippen LogP contribution in [0.5, 0.6) is 0 Å². The van der Waals surface area contributed by atoms with Crippen LogP contribution in [0.4, 0.5) is 17.2 Å². The molecule has 0 atom stereocenters. The van der Waals surface area contributed by atoms with Crippen LogP contribution in [-0.4, -0.2) is 39.2 Å². The van der Waals surface area contributed by atoms with Crippen molar-refractivity contribution in [1.29, 1.82) is 0 Å². The summed E-state index contributed by atoms with van der Waals surface area (Å²) in [5.41, 5.74) is 6.83. The van der Waals surface area contributed by atoms with Gasteiger partial charge in [-0.1, -0.05) is 19.6 Å². The van der Waals surface area contributed by atoms with E-state index in [1.807, 2.05) is 0 Å². The van der Waals surface area contributed by atoms with E-state index in [-0.39, 0.29) is 19.0 Å². The molecule has 0 aliphatic heterocycles. The summed E-state index contributed by atoms with van der Waals surface area (Å²) in [6.45, 7) is 9.36. The molecule has 2 N–H and O–H groups in total. The van der Waals surface area contributed by atoms with Gasteiger partial charge in [-0.15, -0.1) is 4.91 Å². The fourth-order valence-corrected chi connectivity index (χ4v) is 2.53. The second-order valence-corrected chi connectivity index (χ2v) is 12.0. The fourth-order valence-electron chi connectivity index (χ4n) is 1.78. The first kappa shape index (κ1) is 18.2. The molecule has 0 unspecified atom stereocenters. The van der Waals surface area contributed by atoms with Crippen molar-refractivity contribution < 1.29 is 9.53 Å². The van der Waals surface area contributed by atoms with Crippen LogP contribution in [0.15, 0.2) is 11.4 Å². The van der Waals surface area contributed by atoms with Crippen LogP contribution in [0, 0.1) is 11.8 Å². The van der Waals surface area contributed by atoms with E-state index in [4.69, 9.17) is 10.5 Å². The lowest BCUT2D eigenvalue weighted by Crippen LogP contribution is -2.31. The van der Waals surface area contributed by atoms with E-state index in [0.29, 0.717) is 23.7 Å². The lowest BCUT2D eigenvalue weighted by molar-refractivity contribution is -0.107. The maximum absolute atomic E-state index is 11.1. The first-order valence-electron chi connectivity index (χ1n) is 7.15. The van der Waals surface area contributed by atoms with Crippen molar-refractivity contribution in [2.45, 2.75) is 32.6 Å². The molecule has 8 heteroatoms. The third kappa shape index (κ3) is 5.19. The Morgan fingerprint density at radius 2 is 2.14 bits per heavy atom. The number of nitroso groups, excluding NO2 is 1. The van der Waals surface area contributed by atoms with Crippen LogP contribution in [0.3, 0.4) is 0 Å². The number of nitrogens with two attached hydrogens (primary N) is 1. The fraction of sp³-hybridized carbons (Fsp3) is 0.571. The Morgan fingerprint density at radius 1 is 1.45 bits per heavy atom. The average Bonchev–Trinajstić information content (AvgIpc) is 2.44. The van der Waals surface area contributed by atoms with Crippen LogP contribution in [0.2, 0.25) is 25.7 Å². The minimum absolute atomic E-state index is 0.0752. The number of aldehydes is 1. The van der Waals surface area contributed by atoms with Crippen LogP contribution < -0.4 is 10.6 Å². The third-order valence-electron chi connectivity index (χ3n) is 3.26. The zero-order chi connectivity index (χ0) is 16.8. The van der Waals surface area contributed by atoms with Crippen molar-refractivity contribution in [3.63, 3.8) is 0 Å². The molecule has 0 radical (unpaired) electrons. The van der Waals surface area contributed by atoms with E-state index in [1.165, 1.54) is 6.20 Å². The number of carbonyl (C=O) groups is 1. The summed E-state index contributed by atoms with van der Waals surface area (Å²) in [5.74, 6) is 0.321. The number of aromatic nitrogens is 1. The SMILES string of the molecule is Cc1c(N)cnc(N(CC=O)COCC[Si](C)(C)C)c1N=O. The molecule has 0 spiro atoms. The Kier molecular flexibility index (Phi) is 6.63. The normalized spacial score (nSPS) is 11.3. The van der Waals surface area contributed by atoms with Gasteiger partial charge in [0.25, 0.3) is 0 Å². The van der Waals surface area contributed by atoms with Gasteiger partial charge in [0.15, 0.2) is 11.5 Å². The van der Waals surface area contributed by atoms with Crippen molar-refractivity contribution in [3.05, 3.63) is 16.7 Å². The van der Waals surface area contributed by atoms with Gasteiger partial charge in [0.1, 0.15) is 13.0 Å². The lowest BCUT2D eigenvalue weighted by Gasteiger charge is -2.23. The van der Waals surface area contributed by atoms with Gasteiger partial charge in [0.05, 0.1) is 18.4 Å². The lowest BCUT2D eigenvalue weighted by atomic mass is 10.2. The molecule has 0 saturated carbocycles. The van der Waals surface area contributed by atoms with Gasteiger partial charge < -0.3 is 20.2 Å². The van der Waals surface area contributed by atoms with Crippen LogP contribution in [-0.2, 0) is 9.53 Å². The maximum atomic E-state index is 11.1. The molecule has 1 aromatic rings. The van der Waals surface area contributed by atoms with Crippen LogP contribution in [0.1, 0.15) is 5.56 Å². The number of nitrogens with zero attached hydrogens (tertiary/aromatic N) is 3. The van der Waals surface area contributed by atoms with Crippen molar-refractivity contribution in [2.24, 2.45) is 5.18 Å². The van der Waals surface area contributed by atoms with Gasteiger partial charge in [-0.05, 0) is 18.1 Å². The zero-order valence-electron chi connectivity index (χ0n) is 13.6. The molecule has 0 saturated heterocycles. The Balaban J connectivity index is 2.85. The Morgan fingerprint density at radius 3 is 2.68 bits per heavy atom. The number of nitrogen functional groups attached to an aromatic ring is 1. The zero-order valence-corrected chi connectivity index (χ0v) is 14.6. The number of hydrogen-bond acceptors (Lipinski definition) is 7. The Bertz CT molecular complexity index is 532. The van der Waals surface area contributed by atoms with Crippen LogP contribution in [0.25, 0.3) is 0 Å². The van der Waals surface area contributed by atoms with Gasteiger partial charge in [-0.2, -0.15) is 0 Å². The monoisotopic (exact) mass is 324 g/mol. The number of pyridine rings is 1. The predicted molar refractivity (Wildman–Crippen MR) is 91.2 cm³/mol. The molecular formula is C14H24N4O3Si. The van der Waals surface area contributed by atoms with E-state index in [1.54, 1.807) is 11.8 Å². The smallest absolute Gasteiger partial charge is 0.160 e. The number of hydrogen-bond donors (Lipinski definition) is 1. The number of rotatable bonds is 9. The third-order valence-corrected chi connectivity index (χ3v) is 4.96. The molecule has 0 fully saturated rings. The molecule has 122 valence electrons. The molecular weight excluding hydrogens is 300 g/mol. The number of carbonyl (C=O) groups excluding carboxylic acids is 1. The first-order valence-corrected chi connectivity index (χ1v) is 10.9. The largest absolute Gasteiger partial charge is 0.397 e. The number of ether oxygens (including phenoxy) is 1. The predicted octanol–water partition coefficient (Wildman–Crippen LogP) is 2.69. The molecule has 1 rings (SSSR count). The van der Waals surface area contributed by atoms with E-state index in [0.717, 1.165) is 12.3 Å². The molecule has 0 bridgehead atoms. The van der Waals surface area contributed by atoms with Gasteiger partial charge in [-0.25, -0.2) is 4.98 Å². The molecule has 1 aromatic heterocycles. The van der Waals surface area contributed by atoms with Crippen molar-refractivity contribution >= 4 is 31.6 Å². The Hall–Kier alpha value is -1.80. The topological polar surface area (TPSA) is 97.9 Å². The summed E-state index contributed by atoms with van der Waals surface area (Å²) in [7, 11) is -1.17. The average molecular weight is 324 g/mol. The van der Waals surface area contributed by atoms with Gasteiger partial charge >= 0.3 is 0 Å². The van der Waals surface area contributed by atoms with Crippen LogP contribution >= 0.6 is 0 Å². The van der Waals surface area contributed by atoms with E-state index in [9.17, 15) is 9.70 Å². The quantitative estimate of drug-likeness (QED) is 0.246.